The first kappa shape index (κ1) is 5.28. The lowest BCUT2D eigenvalue weighted by Crippen LogP contribution is -1.98. The summed E-state index contributed by atoms with van der Waals surface area (Å²) in [6.07, 6.45) is 3.37. The van der Waals surface area contributed by atoms with Crippen LogP contribution in [-0.4, -0.2) is 12.2 Å². The van der Waals surface area contributed by atoms with Gasteiger partial charge in [0.15, 0.2) is 5.16 Å². The van der Waals surface area contributed by atoms with E-state index in [2.05, 4.69) is 17.1 Å². The van der Waals surface area contributed by atoms with Crippen molar-refractivity contribution >= 4 is 12.2 Å². The fraction of sp³-hybridized carbons (Fsp3) is 0.600. The number of aliphatic imine (C=N–C) groups is 1. The summed E-state index contributed by atoms with van der Waals surface area (Å²) >= 11 is 0. The van der Waals surface area contributed by atoms with E-state index in [1.165, 1.54) is 6.34 Å². The van der Waals surface area contributed by atoms with Gasteiger partial charge in [-0.3, -0.25) is 0 Å². The number of hydrogen-bond acceptors (Lipinski definition) is 3. The van der Waals surface area contributed by atoms with E-state index in [1.54, 1.807) is 0 Å². The van der Waals surface area contributed by atoms with Crippen molar-refractivity contribution in [2.45, 2.75) is 19.8 Å². The molecule has 1 radical (unpaired) electrons. The molecule has 3 heteroatoms. The molecule has 0 spiro atoms. The molecule has 0 amide bonds. The van der Waals surface area contributed by atoms with Crippen LogP contribution in [0.25, 0.3) is 0 Å². The lowest BCUT2D eigenvalue weighted by Gasteiger charge is -1.81. The molecule has 0 aromatic heterocycles. The summed E-state index contributed by atoms with van der Waals surface area (Å²) in [7, 11) is 0. The third-order valence-corrected chi connectivity index (χ3v) is 0.871. The Balaban J connectivity index is 2.28. The molecule has 43 valence electrons. The van der Waals surface area contributed by atoms with Gasteiger partial charge in [0.1, 0.15) is 0 Å². The smallest absolute Gasteiger partial charge is 0.214 e. The van der Waals surface area contributed by atoms with Crippen molar-refractivity contribution in [2.24, 2.45) is 4.99 Å². The van der Waals surface area contributed by atoms with Crippen LogP contribution in [0.4, 0.5) is 0 Å². The molecule has 0 bridgehead atoms. The Kier molecular flexibility index (Phi) is 1.62. The maximum Gasteiger partial charge on any atom is 0.378 e. The molecule has 0 atom stereocenters. The maximum absolute atomic E-state index is 4.71. The van der Waals surface area contributed by atoms with Gasteiger partial charge in [-0.15, -0.1) is 0 Å². The van der Waals surface area contributed by atoms with E-state index >= 15 is 0 Å². The molecule has 0 saturated carbocycles. The van der Waals surface area contributed by atoms with E-state index < -0.39 is 0 Å². The zero-order chi connectivity index (χ0) is 5.82. The van der Waals surface area contributed by atoms with E-state index in [4.69, 9.17) is 4.84 Å². The number of oxime groups is 1. The predicted molar refractivity (Wildman–Crippen MR) is 31.6 cm³/mol. The zero-order valence-corrected chi connectivity index (χ0v) is 4.79. The van der Waals surface area contributed by atoms with E-state index in [9.17, 15) is 0 Å². The SMILES string of the molecule is CCCC1=NC=[N+]O1. The van der Waals surface area contributed by atoms with Crippen molar-refractivity contribution in [3.63, 3.8) is 0 Å². The Morgan fingerprint density at radius 2 is 2.75 bits per heavy atom. The standard InChI is InChI=1S/C5H8N2O/c1-2-3-5-6-4-7-8-5/h4H,2-3H2,1H3/q+1. The Bertz CT molecular complexity index is 128. The summed E-state index contributed by atoms with van der Waals surface area (Å²) in [5.41, 5.74) is 0. The van der Waals surface area contributed by atoms with Gasteiger partial charge in [-0.05, 0) is 11.4 Å². The van der Waals surface area contributed by atoms with Crippen LogP contribution in [0.2, 0.25) is 0 Å². The van der Waals surface area contributed by atoms with Crippen molar-refractivity contribution < 1.29 is 4.84 Å². The zero-order valence-electron chi connectivity index (χ0n) is 4.79. The molecule has 1 aliphatic rings. The second kappa shape index (κ2) is 2.45. The molecule has 0 unspecified atom stereocenters. The summed E-state index contributed by atoms with van der Waals surface area (Å²) in [5, 5.41) is 3.45. The monoisotopic (exact) mass is 112 g/mol. The Labute approximate surface area is 48.1 Å². The third kappa shape index (κ3) is 1.05. The number of rotatable bonds is 2. The average Bonchev–Trinajstić information content (AvgIpc) is 2.19. The van der Waals surface area contributed by atoms with Crippen molar-refractivity contribution in [2.75, 3.05) is 0 Å². The van der Waals surface area contributed by atoms with Crippen molar-refractivity contribution in [1.82, 2.24) is 5.16 Å². The second-order valence-corrected chi connectivity index (χ2v) is 1.59. The molecule has 0 N–H and O–H groups in total. The fourth-order valence-electron chi connectivity index (χ4n) is 0.520. The molecule has 3 nitrogen and oxygen atoms in total. The molecular formula is C5H8N2O+. The van der Waals surface area contributed by atoms with Crippen LogP contribution in [0.15, 0.2) is 4.99 Å². The van der Waals surface area contributed by atoms with Crippen LogP contribution >= 0.6 is 0 Å². The normalized spacial score (nSPS) is 15.9. The van der Waals surface area contributed by atoms with Crippen LogP contribution in [-0.2, 0) is 4.84 Å². The lowest BCUT2D eigenvalue weighted by molar-refractivity contribution is 0.271. The minimum Gasteiger partial charge on any atom is -0.214 e. The first-order valence-electron chi connectivity index (χ1n) is 2.69. The van der Waals surface area contributed by atoms with E-state index in [0.29, 0.717) is 0 Å². The highest BCUT2D eigenvalue weighted by Gasteiger charge is 2.12. The van der Waals surface area contributed by atoms with Gasteiger partial charge < -0.3 is 0 Å². The summed E-state index contributed by atoms with van der Waals surface area (Å²) in [5.74, 6) is 0.729. The largest absolute Gasteiger partial charge is 0.378 e. The summed E-state index contributed by atoms with van der Waals surface area (Å²) in [4.78, 5) is 8.54. The Hall–Kier alpha value is -0.860. The summed E-state index contributed by atoms with van der Waals surface area (Å²) < 4.78 is 0. The Morgan fingerprint density at radius 3 is 3.25 bits per heavy atom. The quantitative estimate of drug-likeness (QED) is 0.512. The molecule has 0 aromatic rings. The molecule has 1 heterocycles. The van der Waals surface area contributed by atoms with Gasteiger partial charge in [0, 0.05) is 0 Å². The van der Waals surface area contributed by atoms with Crippen LogP contribution in [0.5, 0.6) is 0 Å². The molecule has 8 heavy (non-hydrogen) atoms. The van der Waals surface area contributed by atoms with Crippen molar-refractivity contribution in [3.05, 3.63) is 0 Å². The second-order valence-electron chi connectivity index (χ2n) is 1.59. The topological polar surface area (TPSA) is 35.7 Å². The first-order valence-corrected chi connectivity index (χ1v) is 2.69. The van der Waals surface area contributed by atoms with Crippen molar-refractivity contribution in [1.29, 1.82) is 0 Å². The minimum atomic E-state index is 0.729. The van der Waals surface area contributed by atoms with Crippen LogP contribution in [0.1, 0.15) is 19.8 Å². The maximum atomic E-state index is 4.71. The van der Waals surface area contributed by atoms with Crippen LogP contribution < -0.4 is 5.16 Å². The highest BCUT2D eigenvalue weighted by molar-refractivity contribution is 5.86. The average molecular weight is 112 g/mol. The number of hydrogen-bond donors (Lipinski definition) is 0. The van der Waals surface area contributed by atoms with E-state index in [0.717, 1.165) is 18.7 Å². The van der Waals surface area contributed by atoms with Gasteiger partial charge in [0.25, 0.3) is 0 Å². The minimum absolute atomic E-state index is 0.729. The summed E-state index contributed by atoms with van der Waals surface area (Å²) in [6, 6.07) is 0. The van der Waals surface area contributed by atoms with E-state index in [1.807, 2.05) is 0 Å². The van der Waals surface area contributed by atoms with Gasteiger partial charge in [0.05, 0.1) is 6.42 Å². The highest BCUT2D eigenvalue weighted by atomic mass is 16.6. The van der Waals surface area contributed by atoms with Gasteiger partial charge in [0.2, 0.25) is 0 Å². The molecule has 0 aromatic carbocycles. The predicted octanol–water partition coefficient (Wildman–Crippen LogP) is 0.494. The van der Waals surface area contributed by atoms with Gasteiger partial charge in [-0.25, -0.2) is 4.84 Å². The molecular weight excluding hydrogens is 104 g/mol. The van der Waals surface area contributed by atoms with Gasteiger partial charge in [-0.2, -0.15) is 0 Å². The molecule has 0 fully saturated rings. The summed E-state index contributed by atoms with van der Waals surface area (Å²) in [6.45, 7) is 2.07. The van der Waals surface area contributed by atoms with Crippen LogP contribution in [0, 0.1) is 0 Å². The molecule has 0 saturated heterocycles. The van der Waals surface area contributed by atoms with Crippen molar-refractivity contribution in [3.8, 4) is 0 Å². The molecule has 0 aliphatic carbocycles. The molecule has 1 aliphatic heterocycles. The van der Waals surface area contributed by atoms with E-state index in [-0.39, 0.29) is 0 Å². The van der Waals surface area contributed by atoms with Gasteiger partial charge in [-0.1, -0.05) is 6.92 Å². The van der Waals surface area contributed by atoms with Crippen LogP contribution in [0.3, 0.4) is 0 Å². The number of nitrogens with zero attached hydrogens (tertiary/aromatic N) is 2. The lowest BCUT2D eigenvalue weighted by atomic mass is 10.3. The Morgan fingerprint density at radius 1 is 1.88 bits per heavy atom. The molecule has 1 rings (SSSR count). The fourth-order valence-corrected chi connectivity index (χ4v) is 0.520. The van der Waals surface area contributed by atoms with Gasteiger partial charge >= 0.3 is 12.2 Å². The first-order chi connectivity index (χ1) is 3.93. The highest BCUT2D eigenvalue weighted by Crippen LogP contribution is 1.93. The third-order valence-electron chi connectivity index (χ3n) is 0.871.